The maximum Gasteiger partial charge on any atom is 0.236 e. The lowest BCUT2D eigenvalue weighted by Crippen LogP contribution is -2.63. The van der Waals surface area contributed by atoms with Crippen LogP contribution in [0, 0.1) is 17.1 Å². The fourth-order valence-electron chi connectivity index (χ4n) is 4.26. The smallest absolute Gasteiger partial charge is 0.236 e. The minimum absolute atomic E-state index is 0.0590. The van der Waals surface area contributed by atoms with Gasteiger partial charge in [0, 0.05) is 39.8 Å². The number of nitriles is 1. The van der Waals surface area contributed by atoms with Crippen molar-refractivity contribution in [1.82, 2.24) is 15.1 Å². The second-order valence-corrected chi connectivity index (χ2v) is 8.02. The molecule has 7 heteroatoms. The highest BCUT2D eigenvalue weighted by molar-refractivity contribution is 5.77. The van der Waals surface area contributed by atoms with Crippen molar-refractivity contribution < 1.29 is 13.9 Å². The average Bonchev–Trinajstić information content (AvgIpc) is 2.68. The summed E-state index contributed by atoms with van der Waals surface area (Å²) in [5, 5.41) is 12.5. The minimum atomic E-state index is -0.480. The predicted octanol–water partition coefficient (Wildman–Crippen LogP) is 1.89. The van der Waals surface area contributed by atoms with Crippen molar-refractivity contribution >= 4 is 5.91 Å². The summed E-state index contributed by atoms with van der Waals surface area (Å²) in [6.45, 7) is 3.16. The van der Waals surface area contributed by atoms with Gasteiger partial charge in [-0.15, -0.1) is 0 Å². The van der Waals surface area contributed by atoms with E-state index in [0.29, 0.717) is 19.7 Å². The van der Waals surface area contributed by atoms with Crippen molar-refractivity contribution in [2.45, 2.75) is 43.9 Å². The molecule has 152 valence electrons. The zero-order chi connectivity index (χ0) is 20.1. The fourth-order valence-corrected chi connectivity index (χ4v) is 4.26. The molecule has 1 aliphatic carbocycles. The Kier molecular flexibility index (Phi) is 6.65. The van der Waals surface area contributed by atoms with Crippen LogP contribution in [0.15, 0.2) is 18.2 Å². The van der Waals surface area contributed by atoms with Gasteiger partial charge in [0.25, 0.3) is 0 Å². The molecule has 1 aromatic carbocycles. The van der Waals surface area contributed by atoms with Crippen LogP contribution in [0.4, 0.5) is 4.39 Å². The molecule has 1 N–H and O–H groups in total. The molecule has 3 rings (SSSR count). The van der Waals surface area contributed by atoms with Gasteiger partial charge in [-0.3, -0.25) is 9.69 Å². The van der Waals surface area contributed by atoms with Gasteiger partial charge < -0.3 is 15.0 Å². The number of nitrogens with zero attached hydrogens (tertiary/aromatic N) is 3. The number of amides is 1. The van der Waals surface area contributed by atoms with Gasteiger partial charge in [0.05, 0.1) is 24.3 Å². The normalized spacial score (nSPS) is 25.4. The first-order valence-corrected chi connectivity index (χ1v) is 9.92. The number of hydrogen-bond donors (Lipinski definition) is 1. The topological polar surface area (TPSA) is 68.6 Å². The first-order chi connectivity index (χ1) is 13.4. The number of nitrogens with one attached hydrogen (secondary N) is 1. The number of hydrogen-bond acceptors (Lipinski definition) is 5. The molecule has 0 aromatic heterocycles. The molecule has 1 spiro atoms. The molecule has 1 amide bonds. The number of benzene rings is 1. The first kappa shape index (κ1) is 20.7. The van der Waals surface area contributed by atoms with Crippen LogP contribution in [0.5, 0.6) is 0 Å². The van der Waals surface area contributed by atoms with Crippen LogP contribution in [-0.2, 0) is 16.1 Å². The fraction of sp³-hybridized carbons (Fsp3) is 0.619. The molecule has 6 nitrogen and oxygen atoms in total. The number of carbonyl (C=O) groups is 1. The van der Waals surface area contributed by atoms with Gasteiger partial charge in [-0.2, -0.15) is 5.26 Å². The number of rotatable bonds is 5. The molecule has 1 saturated carbocycles. The summed E-state index contributed by atoms with van der Waals surface area (Å²) in [5.74, 6) is -0.421. The van der Waals surface area contributed by atoms with E-state index < -0.39 is 5.82 Å². The quantitative estimate of drug-likeness (QED) is 0.834. The monoisotopic (exact) mass is 388 g/mol. The van der Waals surface area contributed by atoms with E-state index in [1.54, 1.807) is 31.1 Å². The molecule has 1 aromatic rings. The summed E-state index contributed by atoms with van der Waals surface area (Å²) in [5.41, 5.74) is 0.708. The van der Waals surface area contributed by atoms with E-state index in [4.69, 9.17) is 10.00 Å². The summed E-state index contributed by atoms with van der Waals surface area (Å²) in [4.78, 5) is 15.9. The van der Waals surface area contributed by atoms with Crippen molar-refractivity contribution in [3.05, 3.63) is 35.1 Å². The lowest BCUT2D eigenvalue weighted by molar-refractivity contribution is -0.147. The van der Waals surface area contributed by atoms with Gasteiger partial charge in [0.2, 0.25) is 5.91 Å². The van der Waals surface area contributed by atoms with Gasteiger partial charge in [-0.25, -0.2) is 4.39 Å². The molecule has 0 bridgehead atoms. The van der Waals surface area contributed by atoms with Crippen molar-refractivity contribution in [2.24, 2.45) is 0 Å². The highest BCUT2D eigenvalue weighted by Crippen LogP contribution is 2.35. The number of morpholine rings is 1. The van der Waals surface area contributed by atoms with Crippen LogP contribution in [0.2, 0.25) is 0 Å². The Morgan fingerprint density at radius 2 is 2.29 bits per heavy atom. The SMILES string of the molecule is CN(C)C(=O)CNC1CCCCC12CN(Cc1ccc(F)c(C#N)c1)CCO2. The van der Waals surface area contributed by atoms with Crippen LogP contribution in [-0.4, -0.2) is 67.7 Å². The van der Waals surface area contributed by atoms with Crippen LogP contribution < -0.4 is 5.32 Å². The Morgan fingerprint density at radius 3 is 3.04 bits per heavy atom. The van der Waals surface area contributed by atoms with Gasteiger partial charge in [0.1, 0.15) is 11.9 Å². The van der Waals surface area contributed by atoms with Gasteiger partial charge >= 0.3 is 0 Å². The Labute approximate surface area is 166 Å². The Bertz CT molecular complexity index is 744. The second kappa shape index (κ2) is 8.99. The van der Waals surface area contributed by atoms with Crippen molar-refractivity contribution in [2.75, 3.05) is 40.3 Å². The largest absolute Gasteiger partial charge is 0.371 e. The van der Waals surface area contributed by atoms with Gasteiger partial charge in [-0.05, 0) is 30.5 Å². The van der Waals surface area contributed by atoms with Crippen molar-refractivity contribution in [3.8, 4) is 6.07 Å². The highest BCUT2D eigenvalue weighted by atomic mass is 19.1. The molecule has 1 saturated heterocycles. The molecule has 2 atom stereocenters. The van der Waals surface area contributed by atoms with Gasteiger partial charge in [0.15, 0.2) is 0 Å². The molecular formula is C21H29FN4O2. The maximum atomic E-state index is 13.6. The maximum absolute atomic E-state index is 13.6. The number of likely N-dealkylation sites (N-methyl/N-ethyl adjacent to an activating group) is 1. The van der Waals surface area contributed by atoms with Crippen LogP contribution in [0.1, 0.15) is 36.8 Å². The molecule has 28 heavy (non-hydrogen) atoms. The van der Waals surface area contributed by atoms with Crippen LogP contribution in [0.25, 0.3) is 0 Å². The van der Waals surface area contributed by atoms with E-state index in [-0.39, 0.29) is 23.1 Å². The lowest BCUT2D eigenvalue weighted by Gasteiger charge is -2.50. The summed E-state index contributed by atoms with van der Waals surface area (Å²) in [6, 6.07) is 6.78. The van der Waals surface area contributed by atoms with E-state index >= 15 is 0 Å². The molecular weight excluding hydrogens is 359 g/mol. The van der Waals surface area contributed by atoms with Crippen LogP contribution in [0.3, 0.4) is 0 Å². The number of ether oxygens (including phenoxy) is 1. The highest BCUT2D eigenvalue weighted by Gasteiger charge is 2.45. The standard InChI is InChI=1S/C21H29FN4O2/c1-25(2)20(27)13-24-19-5-3-4-8-21(19)15-26(9-10-28-21)14-16-6-7-18(22)17(11-16)12-23/h6-7,11,19,24H,3-5,8-10,13-15H2,1-2H3. The summed E-state index contributed by atoms with van der Waals surface area (Å²) in [7, 11) is 3.52. The van der Waals surface area contributed by atoms with E-state index in [2.05, 4.69) is 10.2 Å². The van der Waals surface area contributed by atoms with E-state index in [1.807, 2.05) is 6.07 Å². The van der Waals surface area contributed by atoms with Gasteiger partial charge in [-0.1, -0.05) is 18.9 Å². The summed E-state index contributed by atoms with van der Waals surface area (Å²) < 4.78 is 19.9. The lowest BCUT2D eigenvalue weighted by atomic mass is 9.78. The predicted molar refractivity (Wildman–Crippen MR) is 104 cm³/mol. The van der Waals surface area contributed by atoms with Crippen molar-refractivity contribution in [1.29, 1.82) is 5.26 Å². The number of halogens is 1. The third kappa shape index (κ3) is 4.69. The first-order valence-electron chi connectivity index (χ1n) is 9.92. The van der Waals surface area contributed by atoms with Crippen LogP contribution >= 0.6 is 0 Å². The Hall–Kier alpha value is -2.01. The second-order valence-electron chi connectivity index (χ2n) is 8.02. The Morgan fingerprint density at radius 1 is 1.46 bits per heavy atom. The number of carbonyl (C=O) groups excluding carboxylic acids is 1. The molecule has 0 radical (unpaired) electrons. The summed E-state index contributed by atoms with van der Waals surface area (Å²) in [6.07, 6.45) is 4.19. The average molecular weight is 388 g/mol. The molecule has 1 heterocycles. The third-order valence-corrected chi connectivity index (χ3v) is 5.82. The van der Waals surface area contributed by atoms with E-state index in [0.717, 1.165) is 44.3 Å². The van der Waals surface area contributed by atoms with E-state index in [1.165, 1.54) is 6.07 Å². The molecule has 2 unspecified atom stereocenters. The molecule has 2 fully saturated rings. The zero-order valence-electron chi connectivity index (χ0n) is 16.7. The van der Waals surface area contributed by atoms with E-state index in [9.17, 15) is 9.18 Å². The Balaban J connectivity index is 1.68. The molecule has 1 aliphatic heterocycles. The zero-order valence-corrected chi connectivity index (χ0v) is 16.7. The third-order valence-electron chi connectivity index (χ3n) is 5.82. The molecule has 2 aliphatic rings. The minimum Gasteiger partial charge on any atom is -0.371 e. The van der Waals surface area contributed by atoms with Crippen molar-refractivity contribution in [3.63, 3.8) is 0 Å². The summed E-state index contributed by atoms with van der Waals surface area (Å²) >= 11 is 0.